The molecule has 92 valence electrons. The van der Waals surface area contributed by atoms with Gasteiger partial charge in [-0.25, -0.2) is 0 Å². The van der Waals surface area contributed by atoms with Crippen molar-refractivity contribution in [3.63, 3.8) is 0 Å². The first-order valence-electron chi connectivity index (χ1n) is 6.68. The summed E-state index contributed by atoms with van der Waals surface area (Å²) in [7, 11) is 2.06. The zero-order valence-corrected chi connectivity index (χ0v) is 10.8. The fourth-order valence-electron chi connectivity index (χ4n) is 3.10. The molecule has 0 spiro atoms. The van der Waals surface area contributed by atoms with Crippen LogP contribution >= 0.6 is 0 Å². The predicted molar refractivity (Wildman–Crippen MR) is 75.7 cm³/mol. The lowest BCUT2D eigenvalue weighted by atomic mass is 9.94. The molecule has 1 aliphatic rings. The number of benzene rings is 2. The number of rotatable bonds is 3. The zero-order chi connectivity index (χ0) is 12.4. The molecule has 0 saturated carbocycles. The predicted octanol–water partition coefficient (Wildman–Crippen LogP) is 3.68. The Hall–Kier alpha value is -1.60. The molecular weight excluding hydrogens is 218 g/mol. The number of hydrogen-bond acceptors (Lipinski definition) is 1. The Morgan fingerprint density at radius 1 is 0.944 bits per heavy atom. The fraction of sp³-hybridized carbons (Fsp3) is 0.294. The lowest BCUT2D eigenvalue weighted by Crippen LogP contribution is -2.13. The molecule has 0 aromatic heterocycles. The SMILES string of the molecule is CN[C@H]1C[C@@H](Cc2ccccc2)c2ccccc21. The van der Waals surface area contributed by atoms with Crippen LogP contribution in [-0.2, 0) is 6.42 Å². The smallest absolute Gasteiger partial charge is 0.0326 e. The highest BCUT2D eigenvalue weighted by molar-refractivity contribution is 5.39. The zero-order valence-electron chi connectivity index (χ0n) is 10.8. The summed E-state index contributed by atoms with van der Waals surface area (Å²) in [5.41, 5.74) is 4.45. The van der Waals surface area contributed by atoms with Gasteiger partial charge in [0.05, 0.1) is 0 Å². The van der Waals surface area contributed by atoms with E-state index in [9.17, 15) is 0 Å². The fourth-order valence-corrected chi connectivity index (χ4v) is 3.10. The van der Waals surface area contributed by atoms with Crippen molar-refractivity contribution in [3.8, 4) is 0 Å². The van der Waals surface area contributed by atoms with Crippen molar-refractivity contribution >= 4 is 0 Å². The first kappa shape index (κ1) is 11.5. The monoisotopic (exact) mass is 237 g/mol. The summed E-state index contributed by atoms with van der Waals surface area (Å²) in [4.78, 5) is 0. The highest BCUT2D eigenvalue weighted by Crippen LogP contribution is 2.41. The Morgan fingerprint density at radius 2 is 1.61 bits per heavy atom. The van der Waals surface area contributed by atoms with Gasteiger partial charge in [-0.15, -0.1) is 0 Å². The maximum Gasteiger partial charge on any atom is 0.0326 e. The Labute approximate surface area is 109 Å². The Bertz CT molecular complexity index is 518. The minimum atomic E-state index is 0.523. The summed E-state index contributed by atoms with van der Waals surface area (Å²) in [6.45, 7) is 0. The molecule has 0 bridgehead atoms. The standard InChI is InChI=1S/C17H19N/c1-18-17-12-14(11-13-7-3-2-4-8-13)15-9-5-6-10-16(15)17/h2-10,14,17-18H,11-12H2,1H3/t14-,17+/m1/s1. The number of nitrogens with one attached hydrogen (secondary N) is 1. The van der Waals surface area contributed by atoms with Gasteiger partial charge in [-0.2, -0.15) is 0 Å². The molecule has 1 nitrogen and oxygen atoms in total. The van der Waals surface area contributed by atoms with Crippen molar-refractivity contribution in [2.24, 2.45) is 0 Å². The van der Waals surface area contributed by atoms with E-state index in [4.69, 9.17) is 0 Å². The topological polar surface area (TPSA) is 12.0 Å². The van der Waals surface area contributed by atoms with E-state index in [-0.39, 0.29) is 0 Å². The van der Waals surface area contributed by atoms with E-state index in [1.807, 2.05) is 0 Å². The van der Waals surface area contributed by atoms with E-state index in [1.54, 1.807) is 0 Å². The summed E-state index contributed by atoms with van der Waals surface area (Å²) in [5.74, 6) is 0.654. The van der Waals surface area contributed by atoms with E-state index >= 15 is 0 Å². The quantitative estimate of drug-likeness (QED) is 0.858. The van der Waals surface area contributed by atoms with Gasteiger partial charge in [-0.05, 0) is 42.5 Å². The van der Waals surface area contributed by atoms with Crippen LogP contribution in [-0.4, -0.2) is 7.05 Å². The first-order chi connectivity index (χ1) is 8.88. The molecule has 0 unspecified atom stereocenters. The molecule has 0 aliphatic heterocycles. The van der Waals surface area contributed by atoms with Crippen LogP contribution < -0.4 is 5.32 Å². The molecule has 0 saturated heterocycles. The molecule has 0 radical (unpaired) electrons. The molecule has 1 N–H and O–H groups in total. The van der Waals surface area contributed by atoms with Crippen LogP contribution in [0.5, 0.6) is 0 Å². The van der Waals surface area contributed by atoms with Crippen LogP contribution in [0.4, 0.5) is 0 Å². The molecule has 0 amide bonds. The minimum Gasteiger partial charge on any atom is -0.313 e. The van der Waals surface area contributed by atoms with Crippen molar-refractivity contribution < 1.29 is 0 Å². The van der Waals surface area contributed by atoms with Crippen LogP contribution in [0, 0.1) is 0 Å². The third-order valence-electron chi connectivity index (χ3n) is 4.00. The molecule has 2 atom stereocenters. The summed E-state index contributed by atoms with van der Waals surface area (Å²) in [6, 6.07) is 20.2. The van der Waals surface area contributed by atoms with Crippen molar-refractivity contribution in [1.82, 2.24) is 5.32 Å². The molecule has 1 aliphatic carbocycles. The van der Waals surface area contributed by atoms with Crippen molar-refractivity contribution in [2.45, 2.75) is 24.8 Å². The summed E-state index contributed by atoms with van der Waals surface area (Å²) in [6.07, 6.45) is 2.36. The van der Waals surface area contributed by atoms with Crippen LogP contribution in [0.15, 0.2) is 54.6 Å². The normalized spacial score (nSPS) is 21.8. The van der Waals surface area contributed by atoms with E-state index in [2.05, 4.69) is 67.0 Å². The largest absolute Gasteiger partial charge is 0.313 e. The maximum absolute atomic E-state index is 3.44. The molecule has 0 heterocycles. The van der Waals surface area contributed by atoms with Gasteiger partial charge < -0.3 is 5.32 Å². The highest BCUT2D eigenvalue weighted by Gasteiger charge is 2.29. The minimum absolute atomic E-state index is 0.523. The van der Waals surface area contributed by atoms with E-state index in [0.717, 1.165) is 6.42 Å². The summed E-state index contributed by atoms with van der Waals surface area (Å²) < 4.78 is 0. The van der Waals surface area contributed by atoms with Gasteiger partial charge in [0.15, 0.2) is 0 Å². The molecular formula is C17H19N. The average molecular weight is 237 g/mol. The average Bonchev–Trinajstić information content (AvgIpc) is 2.78. The van der Waals surface area contributed by atoms with Crippen LogP contribution in [0.2, 0.25) is 0 Å². The lowest BCUT2D eigenvalue weighted by Gasteiger charge is -2.12. The second-order valence-electron chi connectivity index (χ2n) is 5.09. The van der Waals surface area contributed by atoms with Gasteiger partial charge in [-0.3, -0.25) is 0 Å². The van der Waals surface area contributed by atoms with Crippen molar-refractivity contribution in [2.75, 3.05) is 7.05 Å². The molecule has 2 aromatic carbocycles. The number of fused-ring (bicyclic) bond motifs is 1. The third kappa shape index (κ3) is 2.06. The van der Waals surface area contributed by atoms with Crippen LogP contribution in [0.3, 0.4) is 0 Å². The van der Waals surface area contributed by atoms with Gasteiger partial charge in [0, 0.05) is 6.04 Å². The number of hydrogen-bond donors (Lipinski definition) is 1. The molecule has 3 rings (SSSR count). The van der Waals surface area contributed by atoms with Gasteiger partial charge >= 0.3 is 0 Å². The van der Waals surface area contributed by atoms with Crippen LogP contribution in [0.25, 0.3) is 0 Å². The molecule has 1 heteroatoms. The maximum atomic E-state index is 3.44. The van der Waals surface area contributed by atoms with E-state index < -0.39 is 0 Å². The van der Waals surface area contributed by atoms with E-state index in [0.29, 0.717) is 12.0 Å². The third-order valence-corrected chi connectivity index (χ3v) is 4.00. The van der Waals surface area contributed by atoms with E-state index in [1.165, 1.54) is 23.1 Å². The Morgan fingerprint density at radius 3 is 2.33 bits per heavy atom. The molecule has 0 fully saturated rings. The van der Waals surface area contributed by atoms with Crippen molar-refractivity contribution in [3.05, 3.63) is 71.3 Å². The molecule has 18 heavy (non-hydrogen) atoms. The van der Waals surface area contributed by atoms with Gasteiger partial charge in [0.2, 0.25) is 0 Å². The van der Waals surface area contributed by atoms with Crippen LogP contribution in [0.1, 0.15) is 35.1 Å². The molecule has 2 aromatic rings. The second kappa shape index (κ2) is 4.95. The highest BCUT2D eigenvalue weighted by atomic mass is 14.9. The van der Waals surface area contributed by atoms with Gasteiger partial charge in [0.25, 0.3) is 0 Å². The van der Waals surface area contributed by atoms with Crippen molar-refractivity contribution in [1.29, 1.82) is 0 Å². The summed E-state index contributed by atoms with van der Waals surface area (Å²) >= 11 is 0. The Kier molecular flexibility index (Phi) is 3.16. The Balaban J connectivity index is 1.87. The summed E-state index contributed by atoms with van der Waals surface area (Å²) in [5, 5.41) is 3.44. The van der Waals surface area contributed by atoms with Gasteiger partial charge in [-0.1, -0.05) is 54.6 Å². The first-order valence-corrected chi connectivity index (χ1v) is 6.68. The second-order valence-corrected chi connectivity index (χ2v) is 5.09. The van der Waals surface area contributed by atoms with Gasteiger partial charge in [0.1, 0.15) is 0 Å². The lowest BCUT2D eigenvalue weighted by molar-refractivity contribution is 0.532.